The summed E-state index contributed by atoms with van der Waals surface area (Å²) in [7, 11) is 0. The molecule has 0 spiro atoms. The van der Waals surface area contributed by atoms with Gasteiger partial charge in [-0.05, 0) is 40.9 Å². The Hall–Kier alpha value is -0.820. The fourth-order valence-electron chi connectivity index (χ4n) is 2.44. The third kappa shape index (κ3) is 1.93. The number of hydrogen-bond acceptors (Lipinski definition) is 1. The lowest BCUT2D eigenvalue weighted by molar-refractivity contribution is 0.152. The zero-order chi connectivity index (χ0) is 11.1. The molecule has 1 heteroatoms. The van der Waals surface area contributed by atoms with Crippen LogP contribution in [0.15, 0.2) is 18.2 Å². The van der Waals surface area contributed by atoms with E-state index in [9.17, 15) is 5.11 Å². The lowest BCUT2D eigenvalue weighted by atomic mass is 9.88. The second-order valence-electron chi connectivity index (χ2n) is 5.51. The first kappa shape index (κ1) is 10.7. The molecule has 0 fully saturated rings. The summed E-state index contributed by atoms with van der Waals surface area (Å²) in [6, 6.07) is 6.79. The Morgan fingerprint density at radius 3 is 2.53 bits per heavy atom. The molecule has 1 aromatic rings. The van der Waals surface area contributed by atoms with Crippen molar-refractivity contribution in [2.75, 3.05) is 6.61 Å². The number of fused-ring (bicyclic) bond motifs is 1. The highest BCUT2D eigenvalue weighted by Gasteiger charge is 2.32. The van der Waals surface area contributed by atoms with E-state index in [4.69, 9.17) is 0 Å². The molecule has 1 N–H and O–H groups in total. The van der Waals surface area contributed by atoms with Gasteiger partial charge >= 0.3 is 0 Å². The number of aliphatic hydroxyl groups excluding tert-OH is 1. The quantitative estimate of drug-likeness (QED) is 0.785. The molecule has 1 aromatic carbocycles. The van der Waals surface area contributed by atoms with E-state index < -0.39 is 0 Å². The molecule has 0 aromatic heterocycles. The van der Waals surface area contributed by atoms with Crippen LogP contribution in [-0.2, 0) is 12.8 Å². The molecule has 0 saturated carbocycles. The first-order chi connectivity index (χ1) is 7.04. The van der Waals surface area contributed by atoms with Crippen LogP contribution >= 0.6 is 0 Å². The molecular weight excluding hydrogens is 184 g/mol. The predicted molar refractivity (Wildman–Crippen MR) is 63.1 cm³/mol. The monoisotopic (exact) mass is 204 g/mol. The molecule has 0 bridgehead atoms. The van der Waals surface area contributed by atoms with Crippen LogP contribution in [-0.4, -0.2) is 11.7 Å². The summed E-state index contributed by atoms with van der Waals surface area (Å²) >= 11 is 0. The highest BCUT2D eigenvalue weighted by Crippen LogP contribution is 2.37. The molecule has 0 unspecified atom stereocenters. The second kappa shape index (κ2) is 3.64. The minimum absolute atomic E-state index is 0.0813. The minimum Gasteiger partial charge on any atom is -0.396 e. The van der Waals surface area contributed by atoms with Crippen molar-refractivity contribution in [2.45, 2.75) is 39.5 Å². The molecule has 0 amide bonds. The van der Waals surface area contributed by atoms with Gasteiger partial charge in [0.25, 0.3) is 0 Å². The van der Waals surface area contributed by atoms with E-state index in [2.05, 4.69) is 39.0 Å². The van der Waals surface area contributed by atoms with Gasteiger partial charge in [0.15, 0.2) is 0 Å². The second-order valence-corrected chi connectivity index (χ2v) is 5.51. The maximum Gasteiger partial charge on any atom is 0.0491 e. The molecule has 1 aliphatic carbocycles. The van der Waals surface area contributed by atoms with Crippen molar-refractivity contribution < 1.29 is 5.11 Å². The van der Waals surface area contributed by atoms with Crippen LogP contribution in [0.3, 0.4) is 0 Å². The Balaban J connectivity index is 2.31. The fraction of sp³-hybridized carbons (Fsp3) is 0.571. The van der Waals surface area contributed by atoms with Crippen LogP contribution < -0.4 is 0 Å². The first-order valence-corrected chi connectivity index (χ1v) is 5.77. The van der Waals surface area contributed by atoms with Gasteiger partial charge < -0.3 is 5.11 Å². The third-order valence-corrected chi connectivity index (χ3v) is 3.51. The molecule has 0 saturated heterocycles. The SMILES string of the molecule is CC(C)c1ccc2c(c1)C[C@@](C)(CO)C2. The number of aliphatic hydroxyl groups is 1. The standard InChI is InChI=1S/C14H20O/c1-10(2)11-4-5-12-7-14(3,9-15)8-13(12)6-11/h4-6,10,15H,7-9H2,1-3H3/t14-/m0/s1. The average molecular weight is 204 g/mol. The zero-order valence-corrected chi connectivity index (χ0v) is 9.88. The summed E-state index contributed by atoms with van der Waals surface area (Å²) in [6.45, 7) is 6.91. The summed E-state index contributed by atoms with van der Waals surface area (Å²) in [5, 5.41) is 9.38. The lowest BCUT2D eigenvalue weighted by Crippen LogP contribution is -2.21. The molecule has 0 aliphatic heterocycles. The molecule has 82 valence electrons. The molecular formula is C14H20O. The van der Waals surface area contributed by atoms with Gasteiger partial charge in [0.1, 0.15) is 0 Å². The molecule has 0 radical (unpaired) electrons. The van der Waals surface area contributed by atoms with Crippen LogP contribution in [0.5, 0.6) is 0 Å². The Morgan fingerprint density at radius 1 is 1.27 bits per heavy atom. The molecule has 15 heavy (non-hydrogen) atoms. The highest BCUT2D eigenvalue weighted by molar-refractivity contribution is 5.38. The van der Waals surface area contributed by atoms with Crippen molar-refractivity contribution in [3.63, 3.8) is 0 Å². The minimum atomic E-state index is 0.0813. The van der Waals surface area contributed by atoms with Crippen LogP contribution in [0.25, 0.3) is 0 Å². The first-order valence-electron chi connectivity index (χ1n) is 5.77. The van der Waals surface area contributed by atoms with E-state index in [1.807, 2.05) is 0 Å². The maximum atomic E-state index is 9.38. The topological polar surface area (TPSA) is 20.2 Å². The van der Waals surface area contributed by atoms with E-state index in [1.165, 1.54) is 16.7 Å². The third-order valence-electron chi connectivity index (χ3n) is 3.51. The van der Waals surface area contributed by atoms with Gasteiger partial charge in [-0.25, -0.2) is 0 Å². The lowest BCUT2D eigenvalue weighted by Gasteiger charge is -2.19. The average Bonchev–Trinajstić information content (AvgIpc) is 2.53. The van der Waals surface area contributed by atoms with E-state index >= 15 is 0 Å². The molecule has 0 heterocycles. The van der Waals surface area contributed by atoms with Gasteiger partial charge in [-0.2, -0.15) is 0 Å². The van der Waals surface area contributed by atoms with Crippen LogP contribution in [0.2, 0.25) is 0 Å². The summed E-state index contributed by atoms with van der Waals surface area (Å²) in [5.74, 6) is 0.594. The van der Waals surface area contributed by atoms with Crippen LogP contribution in [0, 0.1) is 5.41 Å². The van der Waals surface area contributed by atoms with Crippen molar-refractivity contribution in [3.05, 3.63) is 34.9 Å². The summed E-state index contributed by atoms with van der Waals surface area (Å²) in [5.41, 5.74) is 4.36. The molecule has 1 aliphatic rings. The van der Waals surface area contributed by atoms with Crippen LogP contribution in [0.1, 0.15) is 43.4 Å². The summed E-state index contributed by atoms with van der Waals surface area (Å²) < 4.78 is 0. The van der Waals surface area contributed by atoms with Gasteiger partial charge in [0, 0.05) is 6.61 Å². The Labute approximate surface area is 92.1 Å². The molecule has 1 nitrogen and oxygen atoms in total. The van der Waals surface area contributed by atoms with E-state index in [1.54, 1.807) is 0 Å². The maximum absolute atomic E-state index is 9.38. The number of rotatable bonds is 2. The number of benzene rings is 1. The Morgan fingerprint density at radius 2 is 1.93 bits per heavy atom. The normalized spacial score (nSPS) is 24.6. The zero-order valence-electron chi connectivity index (χ0n) is 9.88. The van der Waals surface area contributed by atoms with E-state index in [0.29, 0.717) is 12.5 Å². The molecule has 2 rings (SSSR count). The Bertz CT molecular complexity index is 368. The smallest absolute Gasteiger partial charge is 0.0491 e. The summed E-state index contributed by atoms with van der Waals surface area (Å²) in [6.07, 6.45) is 2.05. The van der Waals surface area contributed by atoms with Crippen molar-refractivity contribution in [3.8, 4) is 0 Å². The van der Waals surface area contributed by atoms with Crippen molar-refractivity contribution in [2.24, 2.45) is 5.41 Å². The van der Waals surface area contributed by atoms with Crippen molar-refractivity contribution in [1.82, 2.24) is 0 Å². The van der Waals surface area contributed by atoms with Crippen LogP contribution in [0.4, 0.5) is 0 Å². The van der Waals surface area contributed by atoms with Gasteiger partial charge in [-0.3, -0.25) is 0 Å². The van der Waals surface area contributed by atoms with Gasteiger partial charge in [0.2, 0.25) is 0 Å². The van der Waals surface area contributed by atoms with Gasteiger partial charge in [-0.1, -0.05) is 39.0 Å². The number of hydrogen-bond donors (Lipinski definition) is 1. The Kier molecular flexibility index (Phi) is 2.59. The molecule has 1 atom stereocenters. The highest BCUT2D eigenvalue weighted by atomic mass is 16.3. The largest absolute Gasteiger partial charge is 0.396 e. The fourth-order valence-corrected chi connectivity index (χ4v) is 2.44. The van der Waals surface area contributed by atoms with Crippen molar-refractivity contribution >= 4 is 0 Å². The van der Waals surface area contributed by atoms with E-state index in [0.717, 1.165) is 12.8 Å². The van der Waals surface area contributed by atoms with Crippen molar-refractivity contribution in [1.29, 1.82) is 0 Å². The van der Waals surface area contributed by atoms with Gasteiger partial charge in [0.05, 0.1) is 0 Å². The van der Waals surface area contributed by atoms with Gasteiger partial charge in [-0.15, -0.1) is 0 Å². The summed E-state index contributed by atoms with van der Waals surface area (Å²) in [4.78, 5) is 0. The van der Waals surface area contributed by atoms with E-state index in [-0.39, 0.29) is 5.41 Å². The predicted octanol–water partition coefficient (Wildman–Crippen LogP) is 2.91.